The summed E-state index contributed by atoms with van der Waals surface area (Å²) in [7, 11) is 0. The number of hydrogen-bond acceptors (Lipinski definition) is 4. The van der Waals surface area contributed by atoms with Crippen LogP contribution in [0.15, 0.2) is 0 Å². The van der Waals surface area contributed by atoms with Crippen LogP contribution < -0.4 is 0 Å². The number of Topliss-reactive ketones (excluding diaryl/α,β-unsaturated/α-hetero) is 1. The SMILES string of the molecule is CCCC[C@@H](O)C(=O)[C@@H](O)CO. The summed E-state index contributed by atoms with van der Waals surface area (Å²) in [5.74, 6) is -0.689. The van der Waals surface area contributed by atoms with Gasteiger partial charge in [-0.05, 0) is 6.42 Å². The molecule has 0 unspecified atom stereocenters. The number of aliphatic hydroxyl groups is 3. The van der Waals surface area contributed by atoms with Crippen LogP contribution in [0.25, 0.3) is 0 Å². The molecule has 0 amide bonds. The third kappa shape index (κ3) is 3.80. The van der Waals surface area contributed by atoms with Gasteiger partial charge in [0, 0.05) is 0 Å². The molecule has 0 aliphatic heterocycles. The monoisotopic (exact) mass is 176 g/mol. The molecule has 0 aromatic carbocycles. The van der Waals surface area contributed by atoms with E-state index in [-0.39, 0.29) is 0 Å². The Morgan fingerprint density at radius 2 is 1.92 bits per heavy atom. The summed E-state index contributed by atoms with van der Waals surface area (Å²) >= 11 is 0. The number of aliphatic hydroxyl groups excluding tert-OH is 3. The molecule has 0 aliphatic rings. The van der Waals surface area contributed by atoms with Gasteiger partial charge in [-0.3, -0.25) is 4.79 Å². The molecule has 0 aromatic heterocycles. The lowest BCUT2D eigenvalue weighted by atomic mass is 10.1. The molecule has 2 atom stereocenters. The van der Waals surface area contributed by atoms with Gasteiger partial charge in [0.25, 0.3) is 0 Å². The molecule has 3 N–H and O–H groups in total. The predicted molar refractivity (Wildman–Crippen MR) is 43.6 cm³/mol. The Kier molecular flexibility index (Phi) is 5.88. The van der Waals surface area contributed by atoms with Gasteiger partial charge in [0.1, 0.15) is 12.2 Å². The van der Waals surface area contributed by atoms with Crippen molar-refractivity contribution < 1.29 is 20.1 Å². The lowest BCUT2D eigenvalue weighted by Crippen LogP contribution is -2.34. The van der Waals surface area contributed by atoms with Gasteiger partial charge < -0.3 is 15.3 Å². The molecule has 4 nitrogen and oxygen atoms in total. The van der Waals surface area contributed by atoms with Crippen molar-refractivity contribution in [1.29, 1.82) is 0 Å². The second kappa shape index (κ2) is 6.11. The molecule has 0 spiro atoms. The highest BCUT2D eigenvalue weighted by atomic mass is 16.3. The molecule has 0 bridgehead atoms. The van der Waals surface area contributed by atoms with Crippen LogP contribution in [0.5, 0.6) is 0 Å². The van der Waals surface area contributed by atoms with Crippen LogP contribution in [0.1, 0.15) is 26.2 Å². The van der Waals surface area contributed by atoms with Crippen LogP contribution in [0, 0.1) is 0 Å². The quantitative estimate of drug-likeness (QED) is 0.508. The first-order chi connectivity index (χ1) is 5.63. The molecule has 0 heterocycles. The Morgan fingerprint density at radius 3 is 2.33 bits per heavy atom. The van der Waals surface area contributed by atoms with Gasteiger partial charge in [0.15, 0.2) is 5.78 Å². The molecular weight excluding hydrogens is 160 g/mol. The molecular formula is C8H16O4. The minimum absolute atomic E-state index is 0.354. The molecule has 72 valence electrons. The summed E-state index contributed by atoms with van der Waals surface area (Å²) in [6.07, 6.45) is -0.583. The van der Waals surface area contributed by atoms with E-state index < -0.39 is 24.6 Å². The number of unbranched alkanes of at least 4 members (excludes halogenated alkanes) is 1. The number of hydrogen-bond donors (Lipinski definition) is 3. The summed E-state index contributed by atoms with van der Waals surface area (Å²) in [5, 5.41) is 26.4. The average molecular weight is 176 g/mol. The van der Waals surface area contributed by atoms with E-state index in [4.69, 9.17) is 15.3 Å². The number of ketones is 1. The third-order valence-corrected chi connectivity index (χ3v) is 1.66. The number of carbonyl (C=O) groups excluding carboxylic acids is 1. The van der Waals surface area contributed by atoms with Gasteiger partial charge in [-0.25, -0.2) is 0 Å². The third-order valence-electron chi connectivity index (χ3n) is 1.66. The highest BCUT2D eigenvalue weighted by Gasteiger charge is 2.21. The Hall–Kier alpha value is -0.450. The van der Waals surface area contributed by atoms with Crippen molar-refractivity contribution in [3.8, 4) is 0 Å². The molecule has 0 fully saturated rings. The molecule has 0 radical (unpaired) electrons. The number of rotatable bonds is 6. The summed E-state index contributed by atoms with van der Waals surface area (Å²) in [4.78, 5) is 10.9. The first kappa shape index (κ1) is 11.6. The van der Waals surface area contributed by atoms with Gasteiger partial charge in [-0.2, -0.15) is 0 Å². The Labute approximate surface area is 71.8 Å². The van der Waals surface area contributed by atoms with Gasteiger partial charge >= 0.3 is 0 Å². The van der Waals surface area contributed by atoms with Crippen LogP contribution in [0.4, 0.5) is 0 Å². The first-order valence-electron chi connectivity index (χ1n) is 4.14. The standard InChI is InChI=1S/C8H16O4/c1-2-3-4-6(10)8(12)7(11)5-9/h6-7,9-11H,2-5H2,1H3/t6-,7+/m1/s1. The summed E-state index contributed by atoms with van der Waals surface area (Å²) in [6, 6.07) is 0. The van der Waals surface area contributed by atoms with Crippen molar-refractivity contribution in [2.75, 3.05) is 6.61 Å². The van der Waals surface area contributed by atoms with E-state index in [2.05, 4.69) is 0 Å². The molecule has 4 heteroatoms. The van der Waals surface area contributed by atoms with E-state index >= 15 is 0 Å². The number of carbonyl (C=O) groups is 1. The van der Waals surface area contributed by atoms with Crippen molar-refractivity contribution >= 4 is 5.78 Å². The Bertz CT molecular complexity index is 135. The van der Waals surface area contributed by atoms with Crippen LogP contribution in [-0.2, 0) is 4.79 Å². The van der Waals surface area contributed by atoms with Crippen molar-refractivity contribution in [2.45, 2.75) is 38.4 Å². The fraction of sp³-hybridized carbons (Fsp3) is 0.875. The molecule has 0 rings (SSSR count). The van der Waals surface area contributed by atoms with E-state index in [1.165, 1.54) is 0 Å². The van der Waals surface area contributed by atoms with E-state index in [9.17, 15) is 4.79 Å². The smallest absolute Gasteiger partial charge is 0.191 e. The second-order valence-electron chi connectivity index (χ2n) is 2.76. The topological polar surface area (TPSA) is 77.8 Å². The van der Waals surface area contributed by atoms with E-state index in [1.54, 1.807) is 0 Å². The summed E-state index contributed by atoms with van der Waals surface area (Å²) in [6.45, 7) is 1.32. The molecule has 0 aromatic rings. The normalized spacial score (nSPS) is 15.7. The first-order valence-corrected chi connectivity index (χ1v) is 4.14. The zero-order valence-corrected chi connectivity index (χ0v) is 7.23. The van der Waals surface area contributed by atoms with Gasteiger partial charge in [0.2, 0.25) is 0 Å². The maximum atomic E-state index is 10.9. The zero-order valence-electron chi connectivity index (χ0n) is 7.23. The van der Waals surface area contributed by atoms with Crippen molar-refractivity contribution in [3.63, 3.8) is 0 Å². The van der Waals surface area contributed by atoms with E-state index in [1.807, 2.05) is 6.92 Å². The highest BCUT2D eigenvalue weighted by Crippen LogP contribution is 2.03. The minimum Gasteiger partial charge on any atom is -0.393 e. The Balaban J connectivity index is 3.75. The Morgan fingerprint density at radius 1 is 1.33 bits per heavy atom. The molecule has 0 saturated carbocycles. The maximum absolute atomic E-state index is 10.9. The maximum Gasteiger partial charge on any atom is 0.191 e. The van der Waals surface area contributed by atoms with Crippen LogP contribution in [-0.4, -0.2) is 39.9 Å². The fourth-order valence-electron chi connectivity index (χ4n) is 0.852. The molecule has 12 heavy (non-hydrogen) atoms. The van der Waals surface area contributed by atoms with E-state index in [0.29, 0.717) is 6.42 Å². The van der Waals surface area contributed by atoms with Crippen LogP contribution >= 0.6 is 0 Å². The predicted octanol–water partition coefficient (Wildman–Crippen LogP) is -0.540. The van der Waals surface area contributed by atoms with Gasteiger partial charge in [-0.1, -0.05) is 19.8 Å². The zero-order chi connectivity index (χ0) is 9.56. The van der Waals surface area contributed by atoms with Crippen molar-refractivity contribution in [2.24, 2.45) is 0 Å². The van der Waals surface area contributed by atoms with Crippen LogP contribution in [0.2, 0.25) is 0 Å². The highest BCUT2D eigenvalue weighted by molar-refractivity contribution is 5.86. The summed E-state index contributed by atoms with van der Waals surface area (Å²) in [5.41, 5.74) is 0. The fourth-order valence-corrected chi connectivity index (χ4v) is 0.852. The van der Waals surface area contributed by atoms with Crippen molar-refractivity contribution in [3.05, 3.63) is 0 Å². The minimum atomic E-state index is -1.43. The van der Waals surface area contributed by atoms with Gasteiger partial charge in [-0.15, -0.1) is 0 Å². The molecule has 0 aliphatic carbocycles. The van der Waals surface area contributed by atoms with Crippen LogP contribution in [0.3, 0.4) is 0 Å². The average Bonchev–Trinajstić information content (AvgIpc) is 2.11. The lowest BCUT2D eigenvalue weighted by Gasteiger charge is -2.11. The second-order valence-corrected chi connectivity index (χ2v) is 2.76. The summed E-state index contributed by atoms with van der Waals surface area (Å²) < 4.78 is 0. The molecule has 0 saturated heterocycles. The lowest BCUT2D eigenvalue weighted by molar-refractivity contribution is -0.137. The van der Waals surface area contributed by atoms with Gasteiger partial charge in [0.05, 0.1) is 6.61 Å². The van der Waals surface area contributed by atoms with Crippen molar-refractivity contribution in [1.82, 2.24) is 0 Å². The van der Waals surface area contributed by atoms with E-state index in [0.717, 1.165) is 12.8 Å². The largest absolute Gasteiger partial charge is 0.393 e.